The Hall–Kier alpha value is -3.39. The van der Waals surface area contributed by atoms with Crippen LogP contribution in [0.2, 0.25) is 0 Å². The van der Waals surface area contributed by atoms with Gasteiger partial charge in [-0.1, -0.05) is 55.5 Å². The maximum atomic E-state index is 12.6. The second-order valence-corrected chi connectivity index (χ2v) is 7.92. The van der Waals surface area contributed by atoms with Crippen molar-refractivity contribution in [2.24, 2.45) is 5.92 Å². The number of aliphatic hydroxyl groups excluding tert-OH is 1. The summed E-state index contributed by atoms with van der Waals surface area (Å²) in [6, 6.07) is 15.5. The summed E-state index contributed by atoms with van der Waals surface area (Å²) in [6.45, 7) is 2.46. The minimum atomic E-state index is -1.17. The zero-order valence-electron chi connectivity index (χ0n) is 18.2. The van der Waals surface area contributed by atoms with Crippen LogP contribution in [0.5, 0.6) is 0 Å². The number of hydrogen-bond acceptors (Lipinski definition) is 5. The van der Waals surface area contributed by atoms with E-state index in [2.05, 4.69) is 17.4 Å². The Morgan fingerprint density at radius 2 is 1.59 bits per heavy atom. The SMILES string of the molecule is CC(NC(=O)OCC1c2ccccc2-c2ccccc21)C(C)C(=O)N(CCO)CC(=O)O. The minimum absolute atomic E-state index is 0.0712. The Bertz CT molecular complexity index is 946. The Labute approximate surface area is 186 Å². The summed E-state index contributed by atoms with van der Waals surface area (Å²) in [7, 11) is 0. The summed E-state index contributed by atoms with van der Waals surface area (Å²) in [4.78, 5) is 37.1. The monoisotopic (exact) mass is 440 g/mol. The Morgan fingerprint density at radius 1 is 1.03 bits per heavy atom. The van der Waals surface area contributed by atoms with Crippen molar-refractivity contribution in [3.63, 3.8) is 0 Å². The minimum Gasteiger partial charge on any atom is -0.480 e. The van der Waals surface area contributed by atoms with Crippen molar-refractivity contribution in [3.8, 4) is 11.1 Å². The van der Waals surface area contributed by atoms with Gasteiger partial charge in [-0.2, -0.15) is 0 Å². The number of carboxylic acids is 1. The van der Waals surface area contributed by atoms with E-state index in [9.17, 15) is 14.4 Å². The number of aliphatic carboxylic acids is 1. The smallest absolute Gasteiger partial charge is 0.407 e. The van der Waals surface area contributed by atoms with E-state index in [0.29, 0.717) is 0 Å². The quantitative estimate of drug-likeness (QED) is 0.552. The van der Waals surface area contributed by atoms with Gasteiger partial charge in [0.1, 0.15) is 13.2 Å². The summed E-state index contributed by atoms with van der Waals surface area (Å²) < 4.78 is 5.50. The second-order valence-electron chi connectivity index (χ2n) is 7.92. The van der Waals surface area contributed by atoms with Gasteiger partial charge in [0, 0.05) is 18.5 Å². The van der Waals surface area contributed by atoms with E-state index in [0.717, 1.165) is 27.2 Å². The predicted octanol–water partition coefficient (Wildman–Crippen LogP) is 2.46. The first-order valence-corrected chi connectivity index (χ1v) is 10.6. The molecule has 0 saturated carbocycles. The molecular weight excluding hydrogens is 412 g/mol. The van der Waals surface area contributed by atoms with Crippen LogP contribution in [0.25, 0.3) is 11.1 Å². The standard InChI is InChI=1S/C24H28N2O6/c1-15(23(30)26(11-12-27)13-22(28)29)16(2)25-24(31)32-14-21-19-9-5-3-7-17(19)18-8-4-6-10-20(18)21/h3-10,15-16,21,27H,11-14H2,1-2H3,(H,25,31)(H,28,29). The molecule has 2 aromatic rings. The highest BCUT2D eigenvalue weighted by Gasteiger charge is 2.30. The number of carbonyl (C=O) groups is 3. The molecule has 2 amide bonds. The maximum absolute atomic E-state index is 12.6. The molecule has 0 aliphatic heterocycles. The van der Waals surface area contributed by atoms with E-state index in [1.165, 1.54) is 0 Å². The van der Waals surface area contributed by atoms with Crippen LogP contribution < -0.4 is 5.32 Å². The van der Waals surface area contributed by atoms with Crippen molar-refractivity contribution in [1.29, 1.82) is 0 Å². The zero-order chi connectivity index (χ0) is 23.3. The number of nitrogens with one attached hydrogen (secondary N) is 1. The van der Waals surface area contributed by atoms with Gasteiger partial charge in [-0.15, -0.1) is 0 Å². The number of fused-ring (bicyclic) bond motifs is 3. The molecule has 0 radical (unpaired) electrons. The normalized spacial score (nSPS) is 14.1. The van der Waals surface area contributed by atoms with Crippen molar-refractivity contribution in [2.45, 2.75) is 25.8 Å². The van der Waals surface area contributed by atoms with Gasteiger partial charge in [-0.25, -0.2) is 4.79 Å². The van der Waals surface area contributed by atoms with Gasteiger partial charge < -0.3 is 25.2 Å². The predicted molar refractivity (Wildman–Crippen MR) is 118 cm³/mol. The molecule has 1 aliphatic carbocycles. The number of nitrogens with zero attached hydrogens (tertiary/aromatic N) is 1. The molecule has 0 fully saturated rings. The van der Waals surface area contributed by atoms with Gasteiger partial charge in [-0.3, -0.25) is 9.59 Å². The number of carbonyl (C=O) groups excluding carboxylic acids is 2. The molecule has 0 aromatic heterocycles. The topological polar surface area (TPSA) is 116 Å². The van der Waals surface area contributed by atoms with Crippen LogP contribution in [-0.4, -0.2) is 65.4 Å². The molecule has 3 N–H and O–H groups in total. The van der Waals surface area contributed by atoms with Gasteiger partial charge in [-0.05, 0) is 29.2 Å². The molecule has 8 heteroatoms. The fourth-order valence-electron chi connectivity index (χ4n) is 4.00. The molecule has 170 valence electrons. The molecule has 0 spiro atoms. The Kier molecular flexibility index (Phi) is 7.48. The van der Waals surface area contributed by atoms with E-state index in [1.807, 2.05) is 36.4 Å². The molecule has 3 rings (SSSR count). The summed E-state index contributed by atoms with van der Waals surface area (Å²) in [6.07, 6.45) is -0.647. The van der Waals surface area contributed by atoms with Gasteiger partial charge in [0.15, 0.2) is 0 Å². The van der Waals surface area contributed by atoms with Crippen LogP contribution in [-0.2, 0) is 14.3 Å². The van der Waals surface area contributed by atoms with E-state index >= 15 is 0 Å². The zero-order valence-corrected chi connectivity index (χ0v) is 18.2. The van der Waals surface area contributed by atoms with Crippen molar-refractivity contribution in [1.82, 2.24) is 10.2 Å². The molecule has 0 heterocycles. The summed E-state index contributed by atoms with van der Waals surface area (Å²) >= 11 is 0. The van der Waals surface area contributed by atoms with Crippen molar-refractivity contribution in [2.75, 3.05) is 26.3 Å². The average molecular weight is 440 g/mol. The number of aliphatic hydroxyl groups is 1. The van der Waals surface area contributed by atoms with Crippen molar-refractivity contribution < 1.29 is 29.3 Å². The van der Waals surface area contributed by atoms with Crippen LogP contribution in [0.4, 0.5) is 4.79 Å². The first-order chi connectivity index (χ1) is 15.3. The van der Waals surface area contributed by atoms with E-state index in [-0.39, 0.29) is 25.7 Å². The van der Waals surface area contributed by atoms with Crippen molar-refractivity contribution in [3.05, 3.63) is 59.7 Å². The largest absolute Gasteiger partial charge is 0.480 e. The summed E-state index contributed by atoms with van der Waals surface area (Å²) in [5.74, 6) is -2.40. The molecule has 0 bridgehead atoms. The number of alkyl carbamates (subject to hydrolysis) is 1. The van der Waals surface area contributed by atoms with E-state index < -0.39 is 36.5 Å². The molecule has 8 nitrogen and oxygen atoms in total. The molecule has 2 unspecified atom stereocenters. The first kappa shape index (κ1) is 23.3. The third-order valence-corrected chi connectivity index (χ3v) is 5.84. The fraction of sp³-hybridized carbons (Fsp3) is 0.375. The fourth-order valence-corrected chi connectivity index (χ4v) is 4.00. The summed E-state index contributed by atoms with van der Waals surface area (Å²) in [5, 5.41) is 20.7. The summed E-state index contributed by atoms with van der Waals surface area (Å²) in [5.41, 5.74) is 4.47. The van der Waals surface area contributed by atoms with Crippen LogP contribution in [0.3, 0.4) is 0 Å². The lowest BCUT2D eigenvalue weighted by Crippen LogP contribution is -2.47. The third-order valence-electron chi connectivity index (χ3n) is 5.84. The van der Waals surface area contributed by atoms with E-state index in [1.54, 1.807) is 13.8 Å². The number of rotatable bonds is 9. The molecule has 32 heavy (non-hydrogen) atoms. The third kappa shape index (κ3) is 5.08. The lowest BCUT2D eigenvalue weighted by atomic mass is 9.98. The molecule has 0 saturated heterocycles. The van der Waals surface area contributed by atoms with Gasteiger partial charge in [0.25, 0.3) is 0 Å². The van der Waals surface area contributed by atoms with Crippen LogP contribution in [0.1, 0.15) is 30.9 Å². The van der Waals surface area contributed by atoms with Gasteiger partial charge in [0.2, 0.25) is 5.91 Å². The van der Waals surface area contributed by atoms with Crippen LogP contribution >= 0.6 is 0 Å². The Morgan fingerprint density at radius 3 is 2.12 bits per heavy atom. The van der Waals surface area contributed by atoms with Gasteiger partial charge >= 0.3 is 12.1 Å². The second kappa shape index (κ2) is 10.3. The molecule has 2 aromatic carbocycles. The number of ether oxygens (including phenoxy) is 1. The first-order valence-electron chi connectivity index (χ1n) is 10.6. The highest BCUT2D eigenvalue weighted by molar-refractivity contribution is 5.84. The number of benzene rings is 2. The highest BCUT2D eigenvalue weighted by Crippen LogP contribution is 2.44. The number of carboxylic acid groups (broad SMARTS) is 1. The lowest BCUT2D eigenvalue weighted by Gasteiger charge is -2.27. The Balaban J connectivity index is 1.60. The molecular formula is C24H28N2O6. The lowest BCUT2D eigenvalue weighted by molar-refractivity contribution is -0.146. The molecule has 2 atom stereocenters. The van der Waals surface area contributed by atoms with Crippen molar-refractivity contribution >= 4 is 18.0 Å². The average Bonchev–Trinajstić information content (AvgIpc) is 3.10. The number of amides is 2. The van der Waals surface area contributed by atoms with Crippen LogP contribution in [0.15, 0.2) is 48.5 Å². The van der Waals surface area contributed by atoms with Gasteiger partial charge in [0.05, 0.1) is 12.5 Å². The highest BCUT2D eigenvalue weighted by atomic mass is 16.5. The molecule has 1 aliphatic rings. The number of hydrogen-bond donors (Lipinski definition) is 3. The maximum Gasteiger partial charge on any atom is 0.407 e. The van der Waals surface area contributed by atoms with E-state index in [4.69, 9.17) is 14.9 Å². The van der Waals surface area contributed by atoms with Crippen LogP contribution in [0, 0.1) is 5.92 Å².